The Bertz CT molecular complexity index is 484. The zero-order valence-electron chi connectivity index (χ0n) is 11.3. The topological polar surface area (TPSA) is 44.5 Å². The molecule has 0 bridgehead atoms. The largest absolute Gasteiger partial charge is 0.497 e. The molecule has 0 radical (unpaired) electrons. The minimum atomic E-state index is 0.0507. The number of hydrogen-bond donors (Lipinski definition) is 1. The van der Waals surface area contributed by atoms with Gasteiger partial charge in [-0.1, -0.05) is 12.2 Å². The number of ether oxygens (including phenoxy) is 2. The summed E-state index contributed by atoms with van der Waals surface area (Å²) >= 11 is 0. The van der Waals surface area contributed by atoms with Crippen LogP contribution in [-0.2, 0) is 0 Å². The molecule has 2 unspecified atom stereocenters. The molecule has 3 nitrogen and oxygen atoms in total. The Balaban J connectivity index is 1.81. The van der Waals surface area contributed by atoms with E-state index in [9.17, 15) is 0 Å². The van der Waals surface area contributed by atoms with Crippen molar-refractivity contribution in [2.24, 2.45) is 11.7 Å². The number of allylic oxidation sites excluding steroid dienone is 2. The Labute approximate surface area is 114 Å². The Morgan fingerprint density at radius 1 is 1.32 bits per heavy atom. The number of methoxy groups -OCH3 is 1. The standard InChI is InChI=1S/C16H21NO2/c1-18-12-7-8-15-13(9-12)14(17)10-16(19-15)11-5-3-2-4-6-11/h2-3,7-9,11,14,16H,4-6,10,17H2,1H3/t11?,14-,16?/m0/s1. The van der Waals surface area contributed by atoms with Gasteiger partial charge in [-0.2, -0.15) is 0 Å². The number of hydrogen-bond acceptors (Lipinski definition) is 3. The highest BCUT2D eigenvalue weighted by molar-refractivity contribution is 5.43. The van der Waals surface area contributed by atoms with Crippen LogP contribution in [0.5, 0.6) is 11.5 Å². The smallest absolute Gasteiger partial charge is 0.124 e. The van der Waals surface area contributed by atoms with Gasteiger partial charge in [0.15, 0.2) is 0 Å². The second-order valence-corrected chi connectivity index (χ2v) is 5.45. The first kappa shape index (κ1) is 12.5. The fraction of sp³-hybridized carbons (Fsp3) is 0.500. The van der Waals surface area contributed by atoms with Gasteiger partial charge in [-0.3, -0.25) is 0 Å². The summed E-state index contributed by atoms with van der Waals surface area (Å²) in [7, 11) is 1.67. The van der Waals surface area contributed by atoms with E-state index in [1.54, 1.807) is 7.11 Å². The van der Waals surface area contributed by atoms with Crippen LogP contribution in [0, 0.1) is 5.92 Å². The maximum atomic E-state index is 6.31. The van der Waals surface area contributed by atoms with E-state index >= 15 is 0 Å². The monoisotopic (exact) mass is 259 g/mol. The van der Waals surface area contributed by atoms with E-state index in [2.05, 4.69) is 12.2 Å². The van der Waals surface area contributed by atoms with Gasteiger partial charge in [0.25, 0.3) is 0 Å². The molecule has 0 saturated heterocycles. The summed E-state index contributed by atoms with van der Waals surface area (Å²) < 4.78 is 11.4. The summed E-state index contributed by atoms with van der Waals surface area (Å²) in [5.74, 6) is 2.38. The fourth-order valence-corrected chi connectivity index (χ4v) is 3.08. The Kier molecular flexibility index (Phi) is 3.47. The quantitative estimate of drug-likeness (QED) is 0.829. The molecule has 3 heteroatoms. The third-order valence-electron chi connectivity index (χ3n) is 4.22. The van der Waals surface area contributed by atoms with Crippen LogP contribution in [0.2, 0.25) is 0 Å². The van der Waals surface area contributed by atoms with Crippen molar-refractivity contribution in [2.45, 2.75) is 37.8 Å². The molecule has 1 aromatic rings. The maximum absolute atomic E-state index is 6.31. The first-order valence-electron chi connectivity index (χ1n) is 7.03. The molecule has 2 aliphatic rings. The molecule has 1 heterocycles. The zero-order valence-corrected chi connectivity index (χ0v) is 11.3. The van der Waals surface area contributed by atoms with Gasteiger partial charge < -0.3 is 15.2 Å². The summed E-state index contributed by atoms with van der Waals surface area (Å²) in [6.07, 6.45) is 9.17. The third-order valence-corrected chi connectivity index (χ3v) is 4.22. The lowest BCUT2D eigenvalue weighted by atomic mass is 9.83. The van der Waals surface area contributed by atoms with E-state index in [0.29, 0.717) is 5.92 Å². The minimum absolute atomic E-state index is 0.0507. The Hall–Kier alpha value is -1.48. The number of benzene rings is 1. The van der Waals surface area contributed by atoms with Gasteiger partial charge in [0.1, 0.15) is 17.6 Å². The lowest BCUT2D eigenvalue weighted by Gasteiger charge is -2.35. The van der Waals surface area contributed by atoms with Crippen LogP contribution >= 0.6 is 0 Å². The SMILES string of the molecule is COc1ccc2c(c1)[C@@H](N)CC(C1CC=CCC1)O2. The van der Waals surface area contributed by atoms with E-state index in [1.807, 2.05) is 18.2 Å². The first-order chi connectivity index (χ1) is 9.28. The van der Waals surface area contributed by atoms with Crippen molar-refractivity contribution in [1.82, 2.24) is 0 Å². The van der Waals surface area contributed by atoms with E-state index < -0.39 is 0 Å². The summed E-state index contributed by atoms with van der Waals surface area (Å²) in [5.41, 5.74) is 7.38. The molecule has 0 spiro atoms. The molecule has 0 amide bonds. The third kappa shape index (κ3) is 2.47. The molecule has 1 aliphatic carbocycles. The molecule has 19 heavy (non-hydrogen) atoms. The molecule has 3 rings (SSSR count). The van der Waals surface area contributed by atoms with Crippen LogP contribution < -0.4 is 15.2 Å². The summed E-state index contributed by atoms with van der Waals surface area (Å²) in [6, 6.07) is 5.97. The van der Waals surface area contributed by atoms with Crippen LogP contribution in [0.1, 0.15) is 37.3 Å². The molecule has 0 aromatic heterocycles. The summed E-state index contributed by atoms with van der Waals surface area (Å²) in [6.45, 7) is 0. The van der Waals surface area contributed by atoms with Crippen LogP contribution in [0.4, 0.5) is 0 Å². The van der Waals surface area contributed by atoms with E-state index in [-0.39, 0.29) is 12.1 Å². The lowest BCUT2D eigenvalue weighted by molar-refractivity contribution is 0.0936. The van der Waals surface area contributed by atoms with Gasteiger partial charge in [0, 0.05) is 18.0 Å². The van der Waals surface area contributed by atoms with Crippen molar-refractivity contribution in [1.29, 1.82) is 0 Å². The molecule has 0 saturated carbocycles. The number of fused-ring (bicyclic) bond motifs is 1. The molecular formula is C16H21NO2. The molecule has 1 aliphatic heterocycles. The van der Waals surface area contributed by atoms with E-state index in [4.69, 9.17) is 15.2 Å². The second kappa shape index (κ2) is 5.25. The van der Waals surface area contributed by atoms with Crippen LogP contribution in [-0.4, -0.2) is 13.2 Å². The average molecular weight is 259 g/mol. The van der Waals surface area contributed by atoms with Gasteiger partial charge in [-0.25, -0.2) is 0 Å². The highest BCUT2D eigenvalue weighted by Gasteiger charge is 2.31. The molecule has 0 fully saturated rings. The Morgan fingerprint density at radius 2 is 2.21 bits per heavy atom. The minimum Gasteiger partial charge on any atom is -0.497 e. The first-order valence-corrected chi connectivity index (χ1v) is 7.03. The van der Waals surface area contributed by atoms with Crippen LogP contribution in [0.3, 0.4) is 0 Å². The predicted molar refractivity (Wildman–Crippen MR) is 75.4 cm³/mol. The van der Waals surface area contributed by atoms with Crippen molar-refractivity contribution in [3.63, 3.8) is 0 Å². The van der Waals surface area contributed by atoms with Crippen molar-refractivity contribution in [3.8, 4) is 11.5 Å². The highest BCUT2D eigenvalue weighted by Crippen LogP contribution is 2.39. The lowest BCUT2D eigenvalue weighted by Crippen LogP contribution is -2.35. The maximum Gasteiger partial charge on any atom is 0.124 e. The predicted octanol–water partition coefficient (Wildman–Crippen LogP) is 3.20. The van der Waals surface area contributed by atoms with Crippen molar-refractivity contribution >= 4 is 0 Å². The zero-order chi connectivity index (χ0) is 13.2. The van der Waals surface area contributed by atoms with Gasteiger partial charge in [-0.05, 0) is 43.4 Å². The molecular weight excluding hydrogens is 238 g/mol. The van der Waals surface area contributed by atoms with E-state index in [1.165, 1.54) is 6.42 Å². The van der Waals surface area contributed by atoms with Gasteiger partial charge in [-0.15, -0.1) is 0 Å². The van der Waals surface area contributed by atoms with Gasteiger partial charge in [0.05, 0.1) is 7.11 Å². The highest BCUT2D eigenvalue weighted by atomic mass is 16.5. The Morgan fingerprint density at radius 3 is 2.95 bits per heavy atom. The fourth-order valence-electron chi connectivity index (χ4n) is 3.08. The van der Waals surface area contributed by atoms with Gasteiger partial charge >= 0.3 is 0 Å². The number of nitrogens with two attached hydrogens (primary N) is 1. The average Bonchev–Trinajstić information content (AvgIpc) is 2.48. The van der Waals surface area contributed by atoms with Crippen LogP contribution in [0.15, 0.2) is 30.4 Å². The number of rotatable bonds is 2. The molecule has 3 atom stereocenters. The molecule has 2 N–H and O–H groups in total. The van der Waals surface area contributed by atoms with Gasteiger partial charge in [0.2, 0.25) is 0 Å². The van der Waals surface area contributed by atoms with Crippen LogP contribution in [0.25, 0.3) is 0 Å². The van der Waals surface area contributed by atoms with Crippen molar-refractivity contribution in [3.05, 3.63) is 35.9 Å². The summed E-state index contributed by atoms with van der Waals surface area (Å²) in [4.78, 5) is 0. The van der Waals surface area contributed by atoms with E-state index in [0.717, 1.165) is 36.3 Å². The summed E-state index contributed by atoms with van der Waals surface area (Å²) in [5, 5.41) is 0. The second-order valence-electron chi connectivity index (χ2n) is 5.45. The van der Waals surface area contributed by atoms with Crippen molar-refractivity contribution in [2.75, 3.05) is 7.11 Å². The molecule has 102 valence electrons. The van der Waals surface area contributed by atoms with Crippen molar-refractivity contribution < 1.29 is 9.47 Å². The molecule has 1 aromatic carbocycles. The normalized spacial score (nSPS) is 29.5.